The third-order valence-corrected chi connectivity index (χ3v) is 14.2. The van der Waals surface area contributed by atoms with E-state index in [1.807, 2.05) is 0 Å². The molecule has 3 atom stereocenters. The molecule has 7 aromatic carbocycles. The van der Waals surface area contributed by atoms with Crippen molar-refractivity contribution in [2.24, 2.45) is 5.92 Å². The molecule has 1 aliphatic heterocycles. The fourth-order valence-electron chi connectivity index (χ4n) is 10.1. The molecule has 272 valence electrons. The molecule has 56 heavy (non-hydrogen) atoms. The zero-order valence-electron chi connectivity index (χ0n) is 32.2. The van der Waals surface area contributed by atoms with Gasteiger partial charge in [-0.2, -0.15) is 0 Å². The van der Waals surface area contributed by atoms with Crippen molar-refractivity contribution < 1.29 is 4.74 Å². The van der Waals surface area contributed by atoms with Crippen LogP contribution in [0.4, 0.5) is 17.1 Å². The van der Waals surface area contributed by atoms with Gasteiger partial charge in [-0.25, -0.2) is 0 Å². The third kappa shape index (κ3) is 4.96. The summed E-state index contributed by atoms with van der Waals surface area (Å²) in [4.78, 5) is 4.79. The number of fused-ring (bicyclic) bond motifs is 12. The summed E-state index contributed by atoms with van der Waals surface area (Å²) in [5, 5.41) is 0. The molecule has 2 nitrogen and oxygen atoms in total. The van der Waals surface area contributed by atoms with Crippen molar-refractivity contribution in [1.82, 2.24) is 0 Å². The average molecular weight is 742 g/mol. The van der Waals surface area contributed by atoms with Crippen molar-refractivity contribution in [2.45, 2.75) is 60.7 Å². The van der Waals surface area contributed by atoms with Crippen molar-refractivity contribution in [3.8, 4) is 44.9 Å². The van der Waals surface area contributed by atoms with E-state index in [1.165, 1.54) is 60.5 Å². The van der Waals surface area contributed by atoms with E-state index < -0.39 is 0 Å². The van der Waals surface area contributed by atoms with Crippen LogP contribution in [0.15, 0.2) is 174 Å². The van der Waals surface area contributed by atoms with Crippen molar-refractivity contribution in [2.75, 3.05) is 4.90 Å². The van der Waals surface area contributed by atoms with Crippen LogP contribution in [0, 0.1) is 5.92 Å². The van der Waals surface area contributed by atoms with Gasteiger partial charge in [-0.05, 0) is 123 Å². The van der Waals surface area contributed by atoms with Crippen molar-refractivity contribution in [1.29, 1.82) is 0 Å². The van der Waals surface area contributed by atoms with Crippen molar-refractivity contribution in [3.63, 3.8) is 0 Å². The molecule has 0 aromatic heterocycles. The van der Waals surface area contributed by atoms with Crippen LogP contribution >= 0.6 is 11.8 Å². The molecule has 0 N–H and O–H groups in total. The minimum Gasteiger partial charge on any atom is -0.454 e. The lowest BCUT2D eigenvalue weighted by Gasteiger charge is -2.46. The van der Waals surface area contributed by atoms with Crippen LogP contribution in [0.5, 0.6) is 11.5 Å². The van der Waals surface area contributed by atoms with Crippen LogP contribution in [0.3, 0.4) is 0 Å². The van der Waals surface area contributed by atoms with E-state index in [-0.39, 0.29) is 10.8 Å². The number of anilines is 3. The van der Waals surface area contributed by atoms with Crippen LogP contribution in [0.2, 0.25) is 0 Å². The van der Waals surface area contributed by atoms with E-state index in [0.717, 1.165) is 39.9 Å². The summed E-state index contributed by atoms with van der Waals surface area (Å²) in [6.07, 6.45) is 6.10. The zero-order chi connectivity index (χ0) is 37.8. The number of ether oxygens (including phenoxy) is 1. The highest BCUT2D eigenvalue weighted by atomic mass is 32.2. The predicted octanol–water partition coefficient (Wildman–Crippen LogP) is 15.0. The van der Waals surface area contributed by atoms with Gasteiger partial charge in [0.25, 0.3) is 0 Å². The SMILES string of the molecule is CC1C=CC2(C)c3ccc(N(c4ccc(-c5ccccc5)cc4)c4ccc5c(c4)C(C)(C)c4ccc6c(c4-5)Oc4ccccc4S6)cc3-c3ccccc3C2C1. The van der Waals surface area contributed by atoms with Crippen LogP contribution in [0.1, 0.15) is 62.3 Å². The molecule has 3 heteroatoms. The Morgan fingerprint density at radius 3 is 2.14 bits per heavy atom. The standard InChI is InChI=1S/C53H43NOS/c1-33-28-29-53(4)43-25-23-37(31-42(43)39-14-8-9-15-40(39)46(53)30-33)54(36-20-18-35(19-21-36)34-12-6-5-7-13-34)38-22-24-41-45(32-38)52(2,3)44-26-27-49-51(50(41)44)55-47-16-10-11-17-48(47)56-49/h5-29,31-33,46H,30H2,1-4H3. The van der Waals surface area contributed by atoms with Gasteiger partial charge in [0.05, 0.1) is 9.79 Å². The lowest BCUT2D eigenvalue weighted by atomic mass is 9.58. The topological polar surface area (TPSA) is 12.5 Å². The maximum absolute atomic E-state index is 6.73. The Hall–Kier alpha value is -5.77. The zero-order valence-corrected chi connectivity index (χ0v) is 33.0. The van der Waals surface area contributed by atoms with Crippen LogP contribution in [-0.2, 0) is 10.8 Å². The molecular weight excluding hydrogens is 699 g/mol. The lowest BCUT2D eigenvalue weighted by Crippen LogP contribution is -2.36. The predicted molar refractivity (Wildman–Crippen MR) is 233 cm³/mol. The van der Waals surface area contributed by atoms with Crippen LogP contribution < -0.4 is 9.64 Å². The molecule has 1 heterocycles. The third-order valence-electron chi connectivity index (χ3n) is 13.1. The number of rotatable bonds is 4. The first-order valence-corrected chi connectivity index (χ1v) is 20.8. The number of allylic oxidation sites excluding steroid dienone is 2. The minimum absolute atomic E-state index is 0.0553. The summed E-state index contributed by atoms with van der Waals surface area (Å²) >= 11 is 1.80. The molecule has 0 amide bonds. The fourth-order valence-corrected chi connectivity index (χ4v) is 11.1. The smallest absolute Gasteiger partial charge is 0.149 e. The number of hydrogen-bond acceptors (Lipinski definition) is 3. The molecule has 11 rings (SSSR count). The molecule has 0 spiro atoms. The molecule has 0 saturated carbocycles. The van der Waals surface area contributed by atoms with Gasteiger partial charge in [0.2, 0.25) is 0 Å². The van der Waals surface area contributed by atoms with E-state index in [2.05, 4.69) is 196 Å². The van der Waals surface area contributed by atoms with E-state index >= 15 is 0 Å². The summed E-state index contributed by atoms with van der Waals surface area (Å²) < 4.78 is 6.73. The van der Waals surface area contributed by atoms with Crippen LogP contribution in [-0.4, -0.2) is 0 Å². The Morgan fingerprint density at radius 1 is 0.589 bits per heavy atom. The van der Waals surface area contributed by atoms with Gasteiger partial charge >= 0.3 is 0 Å². The Balaban J connectivity index is 1.08. The molecular formula is C53H43NOS. The number of nitrogens with zero attached hydrogens (tertiary/aromatic N) is 1. The molecule has 7 aromatic rings. The fraction of sp³-hybridized carbons (Fsp3) is 0.170. The molecule has 0 fully saturated rings. The highest BCUT2D eigenvalue weighted by Crippen LogP contribution is 2.60. The van der Waals surface area contributed by atoms with Gasteiger partial charge < -0.3 is 9.64 Å². The Kier molecular flexibility index (Phi) is 7.41. The molecule has 3 unspecified atom stereocenters. The summed E-state index contributed by atoms with van der Waals surface area (Å²) in [6.45, 7) is 9.53. The van der Waals surface area contributed by atoms with Crippen LogP contribution in [0.25, 0.3) is 33.4 Å². The van der Waals surface area contributed by atoms with Gasteiger partial charge in [-0.15, -0.1) is 0 Å². The number of benzene rings is 7. The molecule has 0 radical (unpaired) electrons. The van der Waals surface area contributed by atoms with Gasteiger partial charge in [-0.3, -0.25) is 0 Å². The van der Waals surface area contributed by atoms with E-state index in [0.29, 0.717) is 11.8 Å². The number of para-hydroxylation sites is 1. The first-order chi connectivity index (χ1) is 27.3. The van der Waals surface area contributed by atoms with Gasteiger partial charge in [0.15, 0.2) is 0 Å². The van der Waals surface area contributed by atoms with E-state index in [9.17, 15) is 0 Å². The Bertz CT molecular complexity index is 2750. The van der Waals surface area contributed by atoms with Crippen molar-refractivity contribution in [3.05, 3.63) is 186 Å². The minimum atomic E-state index is -0.216. The van der Waals surface area contributed by atoms with Gasteiger partial charge in [0.1, 0.15) is 11.5 Å². The highest BCUT2D eigenvalue weighted by Gasteiger charge is 2.44. The van der Waals surface area contributed by atoms with Crippen molar-refractivity contribution >= 4 is 28.8 Å². The second-order valence-corrected chi connectivity index (χ2v) is 17.9. The van der Waals surface area contributed by atoms with Gasteiger partial charge in [0, 0.05) is 33.5 Å². The maximum Gasteiger partial charge on any atom is 0.149 e. The second-order valence-electron chi connectivity index (χ2n) is 16.8. The quantitative estimate of drug-likeness (QED) is 0.167. The lowest BCUT2D eigenvalue weighted by molar-refractivity contribution is 0.371. The van der Waals surface area contributed by atoms with E-state index in [4.69, 9.17) is 4.74 Å². The Morgan fingerprint density at radius 2 is 1.29 bits per heavy atom. The second kappa shape index (κ2) is 12.4. The van der Waals surface area contributed by atoms with Gasteiger partial charge in [-0.1, -0.05) is 149 Å². The summed E-state index contributed by atoms with van der Waals surface area (Å²) in [5.74, 6) is 2.93. The normalized spacial score (nSPS) is 20.3. The Labute approximate surface area is 334 Å². The van der Waals surface area contributed by atoms with E-state index in [1.54, 1.807) is 11.8 Å². The summed E-state index contributed by atoms with van der Waals surface area (Å²) in [7, 11) is 0. The summed E-state index contributed by atoms with van der Waals surface area (Å²) in [5.41, 5.74) is 16.3. The summed E-state index contributed by atoms with van der Waals surface area (Å²) in [6, 6.07) is 56.2. The molecule has 0 saturated heterocycles. The monoisotopic (exact) mass is 741 g/mol. The largest absolute Gasteiger partial charge is 0.454 e. The number of hydrogen-bond donors (Lipinski definition) is 0. The maximum atomic E-state index is 6.73. The highest BCUT2D eigenvalue weighted by molar-refractivity contribution is 7.99. The first kappa shape index (κ1) is 33.6. The first-order valence-electron chi connectivity index (χ1n) is 19.9. The molecule has 3 aliphatic carbocycles. The average Bonchev–Trinajstić information content (AvgIpc) is 3.47. The molecule has 4 aliphatic rings. The molecule has 0 bridgehead atoms.